The van der Waals surface area contributed by atoms with E-state index in [9.17, 15) is 0 Å². The normalized spacial score (nSPS) is 16.3. The molecule has 0 saturated heterocycles. The third-order valence-corrected chi connectivity index (χ3v) is 4.93. The highest BCUT2D eigenvalue weighted by Gasteiger charge is 2.29. The molecule has 2 heterocycles. The summed E-state index contributed by atoms with van der Waals surface area (Å²) in [6.07, 6.45) is 2.47. The standard InChI is InChI=1S/C16H17N3OS/c1-10(14-9-12-5-3-4-6-13(12)20-14)19(2)16-17-15(18-21-16)11-7-8-11/h3-6,9-11H,7-8H2,1-2H3. The molecular formula is C16H17N3OS. The van der Waals surface area contributed by atoms with Crippen LogP contribution < -0.4 is 4.90 Å². The lowest BCUT2D eigenvalue weighted by molar-refractivity contribution is 0.501. The summed E-state index contributed by atoms with van der Waals surface area (Å²) in [5.41, 5.74) is 0.934. The van der Waals surface area contributed by atoms with Crippen molar-refractivity contribution < 1.29 is 4.42 Å². The molecule has 21 heavy (non-hydrogen) atoms. The second-order valence-corrected chi connectivity index (χ2v) is 6.41. The van der Waals surface area contributed by atoms with E-state index in [0.717, 1.165) is 27.7 Å². The zero-order valence-corrected chi connectivity index (χ0v) is 12.9. The molecule has 108 valence electrons. The summed E-state index contributed by atoms with van der Waals surface area (Å²) in [5, 5.41) is 2.11. The number of anilines is 1. The first-order valence-electron chi connectivity index (χ1n) is 7.27. The lowest BCUT2D eigenvalue weighted by atomic mass is 10.2. The number of nitrogens with zero attached hydrogens (tertiary/aromatic N) is 3. The number of rotatable bonds is 4. The van der Waals surface area contributed by atoms with Gasteiger partial charge in [-0.25, -0.2) is 4.98 Å². The van der Waals surface area contributed by atoms with Crippen molar-refractivity contribution >= 4 is 27.6 Å². The molecule has 0 amide bonds. The molecule has 1 unspecified atom stereocenters. The van der Waals surface area contributed by atoms with Crippen LogP contribution in [0.4, 0.5) is 5.13 Å². The van der Waals surface area contributed by atoms with Crippen molar-refractivity contribution in [3.8, 4) is 0 Å². The van der Waals surface area contributed by atoms with Gasteiger partial charge in [-0.1, -0.05) is 18.2 Å². The van der Waals surface area contributed by atoms with Crippen molar-refractivity contribution in [2.45, 2.75) is 31.7 Å². The van der Waals surface area contributed by atoms with Gasteiger partial charge in [0.15, 0.2) is 0 Å². The summed E-state index contributed by atoms with van der Waals surface area (Å²) >= 11 is 1.48. The lowest BCUT2D eigenvalue weighted by Gasteiger charge is -2.21. The first-order chi connectivity index (χ1) is 10.2. The van der Waals surface area contributed by atoms with Crippen molar-refractivity contribution in [3.63, 3.8) is 0 Å². The van der Waals surface area contributed by atoms with Crippen LogP contribution in [0.3, 0.4) is 0 Å². The SMILES string of the molecule is CC(c1cc2ccccc2o1)N(C)c1nc(C2CC2)ns1. The Bertz CT molecular complexity index is 742. The van der Waals surface area contributed by atoms with Crippen LogP contribution in [0.1, 0.15) is 43.3 Å². The molecule has 5 heteroatoms. The highest BCUT2D eigenvalue weighted by molar-refractivity contribution is 7.09. The molecule has 1 atom stereocenters. The third-order valence-electron chi connectivity index (χ3n) is 4.11. The van der Waals surface area contributed by atoms with Crippen LogP contribution in [0.15, 0.2) is 34.7 Å². The van der Waals surface area contributed by atoms with Crippen molar-refractivity contribution in [2.75, 3.05) is 11.9 Å². The number of hydrogen-bond donors (Lipinski definition) is 0. The summed E-state index contributed by atoms with van der Waals surface area (Å²) < 4.78 is 10.4. The van der Waals surface area contributed by atoms with Crippen LogP contribution >= 0.6 is 11.5 Å². The Balaban J connectivity index is 1.61. The summed E-state index contributed by atoms with van der Waals surface area (Å²) in [7, 11) is 2.05. The predicted octanol–water partition coefficient (Wildman–Crippen LogP) is 4.36. The molecule has 0 N–H and O–H groups in total. The molecule has 1 aliphatic carbocycles. The van der Waals surface area contributed by atoms with E-state index < -0.39 is 0 Å². The van der Waals surface area contributed by atoms with E-state index in [-0.39, 0.29) is 6.04 Å². The van der Waals surface area contributed by atoms with E-state index in [4.69, 9.17) is 4.42 Å². The minimum absolute atomic E-state index is 0.136. The number of benzene rings is 1. The highest BCUT2D eigenvalue weighted by Crippen LogP contribution is 2.40. The second kappa shape index (κ2) is 4.84. The molecular weight excluding hydrogens is 282 g/mol. The van der Waals surface area contributed by atoms with Gasteiger partial charge in [0.25, 0.3) is 0 Å². The lowest BCUT2D eigenvalue weighted by Crippen LogP contribution is -2.21. The van der Waals surface area contributed by atoms with Gasteiger partial charge in [-0.3, -0.25) is 0 Å². The van der Waals surface area contributed by atoms with Crippen LogP contribution in [0.25, 0.3) is 11.0 Å². The van der Waals surface area contributed by atoms with Gasteiger partial charge in [0.05, 0.1) is 6.04 Å². The molecule has 1 aliphatic rings. The molecule has 0 bridgehead atoms. The summed E-state index contributed by atoms with van der Waals surface area (Å²) in [5.74, 6) is 2.57. The molecule has 0 aliphatic heterocycles. The Morgan fingerprint density at radius 3 is 2.90 bits per heavy atom. The fourth-order valence-electron chi connectivity index (χ4n) is 2.44. The highest BCUT2D eigenvalue weighted by atomic mass is 32.1. The zero-order chi connectivity index (χ0) is 14.4. The van der Waals surface area contributed by atoms with Gasteiger partial charge in [0.1, 0.15) is 17.2 Å². The second-order valence-electron chi connectivity index (χ2n) is 5.68. The van der Waals surface area contributed by atoms with Crippen molar-refractivity contribution in [3.05, 3.63) is 41.9 Å². The molecule has 0 radical (unpaired) electrons. The predicted molar refractivity (Wildman–Crippen MR) is 84.9 cm³/mol. The third kappa shape index (κ3) is 2.31. The van der Waals surface area contributed by atoms with Crippen LogP contribution in [0, 0.1) is 0 Å². The number of furan rings is 1. The Kier molecular flexibility index (Phi) is 2.96. The van der Waals surface area contributed by atoms with Crippen molar-refractivity contribution in [1.29, 1.82) is 0 Å². The first kappa shape index (κ1) is 12.8. The molecule has 1 aromatic carbocycles. The van der Waals surface area contributed by atoms with Gasteiger partial charge in [-0.2, -0.15) is 4.37 Å². The molecule has 2 aromatic heterocycles. The fourth-order valence-corrected chi connectivity index (χ4v) is 3.23. The molecule has 1 saturated carbocycles. The Morgan fingerprint density at radius 1 is 1.33 bits per heavy atom. The number of para-hydroxylation sites is 1. The minimum atomic E-state index is 0.136. The number of aromatic nitrogens is 2. The van der Waals surface area contributed by atoms with Crippen LogP contribution in [0.2, 0.25) is 0 Å². The van der Waals surface area contributed by atoms with Gasteiger partial charge in [-0.05, 0) is 31.9 Å². The number of fused-ring (bicyclic) bond motifs is 1. The van der Waals surface area contributed by atoms with Crippen LogP contribution in [-0.4, -0.2) is 16.4 Å². The first-order valence-corrected chi connectivity index (χ1v) is 8.04. The quantitative estimate of drug-likeness (QED) is 0.718. The Morgan fingerprint density at radius 2 is 2.14 bits per heavy atom. The summed E-state index contributed by atoms with van der Waals surface area (Å²) in [4.78, 5) is 6.80. The smallest absolute Gasteiger partial charge is 0.205 e. The van der Waals surface area contributed by atoms with Gasteiger partial charge >= 0.3 is 0 Å². The van der Waals surface area contributed by atoms with E-state index in [1.165, 1.54) is 24.4 Å². The van der Waals surface area contributed by atoms with Crippen LogP contribution in [-0.2, 0) is 0 Å². The molecule has 0 spiro atoms. The number of hydrogen-bond acceptors (Lipinski definition) is 5. The van der Waals surface area contributed by atoms with E-state index in [1.54, 1.807) is 0 Å². The monoisotopic (exact) mass is 299 g/mol. The summed E-state index contributed by atoms with van der Waals surface area (Å²) in [6.45, 7) is 2.13. The zero-order valence-electron chi connectivity index (χ0n) is 12.1. The maximum Gasteiger partial charge on any atom is 0.205 e. The van der Waals surface area contributed by atoms with Gasteiger partial charge < -0.3 is 9.32 Å². The van der Waals surface area contributed by atoms with Crippen LogP contribution in [0.5, 0.6) is 0 Å². The molecule has 4 nitrogen and oxygen atoms in total. The van der Waals surface area contributed by atoms with Crippen molar-refractivity contribution in [1.82, 2.24) is 9.36 Å². The Hall–Kier alpha value is -1.88. The Labute approximate surface area is 127 Å². The van der Waals surface area contributed by atoms with E-state index in [0.29, 0.717) is 5.92 Å². The van der Waals surface area contributed by atoms with E-state index in [1.807, 2.05) is 18.2 Å². The molecule has 1 fully saturated rings. The van der Waals surface area contributed by atoms with Gasteiger partial charge in [0.2, 0.25) is 5.13 Å². The average molecular weight is 299 g/mol. The fraction of sp³-hybridized carbons (Fsp3) is 0.375. The van der Waals surface area contributed by atoms with Gasteiger partial charge in [-0.15, -0.1) is 0 Å². The molecule has 3 aromatic rings. The molecule has 4 rings (SSSR count). The maximum atomic E-state index is 5.95. The average Bonchev–Trinajstić information content (AvgIpc) is 3.09. The largest absolute Gasteiger partial charge is 0.459 e. The maximum absolute atomic E-state index is 5.95. The van der Waals surface area contributed by atoms with E-state index >= 15 is 0 Å². The topological polar surface area (TPSA) is 42.2 Å². The van der Waals surface area contributed by atoms with Crippen molar-refractivity contribution in [2.24, 2.45) is 0 Å². The van der Waals surface area contributed by atoms with Gasteiger partial charge in [0, 0.05) is 29.9 Å². The van der Waals surface area contributed by atoms with E-state index in [2.05, 4.69) is 40.4 Å². The summed E-state index contributed by atoms with van der Waals surface area (Å²) in [6, 6.07) is 10.4. The minimum Gasteiger partial charge on any atom is -0.459 e.